The van der Waals surface area contributed by atoms with Gasteiger partial charge in [0.25, 0.3) is 0 Å². The summed E-state index contributed by atoms with van der Waals surface area (Å²) in [5, 5.41) is 19.7. The normalized spacial score (nSPS) is 10.5. The lowest BCUT2D eigenvalue weighted by Gasteiger charge is -2.20. The second kappa shape index (κ2) is 38.3. The Morgan fingerprint density at radius 2 is 0.737 bits per heavy atom. The van der Waals surface area contributed by atoms with Gasteiger partial charge in [0.15, 0.2) is 0 Å². The van der Waals surface area contributed by atoms with Gasteiger partial charge >= 0.3 is 47.8 Å². The van der Waals surface area contributed by atoms with Crippen LogP contribution in [0.5, 0.6) is 34.5 Å². The maximum Gasteiger partial charge on any atom is 0.343 e. The second-order valence-corrected chi connectivity index (χ2v) is 21.7. The van der Waals surface area contributed by atoms with Crippen LogP contribution in [0, 0.1) is 48.5 Å². The van der Waals surface area contributed by atoms with Crippen LogP contribution in [-0.2, 0) is 38.1 Å². The van der Waals surface area contributed by atoms with Crippen molar-refractivity contribution in [3.05, 3.63) is 203 Å². The summed E-state index contributed by atoms with van der Waals surface area (Å²) in [7, 11) is 0. The van der Waals surface area contributed by atoms with Gasteiger partial charge in [-0.1, -0.05) is 44.5 Å². The van der Waals surface area contributed by atoms with Gasteiger partial charge in [-0.25, -0.2) is 38.4 Å². The third-order valence-corrected chi connectivity index (χ3v) is 14.7. The van der Waals surface area contributed by atoms with E-state index in [1.165, 1.54) is 12.1 Å². The van der Waals surface area contributed by atoms with Crippen LogP contribution >= 0.6 is 0 Å². The smallest absolute Gasteiger partial charge is 0.343 e. The Bertz CT molecular complexity index is 3780. The fourth-order valence-electron chi connectivity index (χ4n) is 9.59. The van der Waals surface area contributed by atoms with Gasteiger partial charge in [0.2, 0.25) is 0 Å². The van der Waals surface area contributed by atoms with Gasteiger partial charge < -0.3 is 57.6 Å². The molecule has 2 N–H and O–H groups in total. The number of aromatic carboxylic acids is 2. The van der Waals surface area contributed by atoms with Crippen LogP contribution in [0.1, 0.15) is 132 Å². The number of aryl methyl sites for hydroxylation is 5. The predicted octanol–water partition coefficient (Wildman–Crippen LogP) is 14.3. The highest BCUT2D eigenvalue weighted by Crippen LogP contribution is 2.42. The molecular weight excluding hydrogens is 1220 g/mol. The number of carbonyl (C=O) groups is 8. The first-order valence-corrected chi connectivity index (χ1v) is 30.8. The molecule has 0 spiro atoms. The van der Waals surface area contributed by atoms with Gasteiger partial charge in [0.1, 0.15) is 34.5 Å². The lowest BCUT2D eigenvalue weighted by Crippen LogP contribution is -2.13. The van der Waals surface area contributed by atoms with Crippen LogP contribution in [0.4, 0.5) is 0 Å². The quantitative estimate of drug-likeness (QED) is 0.0122. The Hall–Kier alpha value is -10.8. The Kier molecular flexibility index (Phi) is 30.2. The number of carboxylic acids is 2. The minimum absolute atomic E-state index is 0.144. The van der Waals surface area contributed by atoms with Crippen molar-refractivity contribution in [3.63, 3.8) is 0 Å². The maximum absolute atomic E-state index is 13.1. The topological polar surface area (TPSA) is 269 Å². The highest BCUT2D eigenvalue weighted by atomic mass is 16.6. The van der Waals surface area contributed by atoms with Crippen molar-refractivity contribution in [2.45, 2.75) is 99.8 Å². The van der Waals surface area contributed by atoms with E-state index in [2.05, 4.69) is 26.3 Å². The molecule has 0 amide bonds. The highest BCUT2D eigenvalue weighted by molar-refractivity contribution is 5.97. The number of rotatable bonds is 36. The zero-order valence-electron chi connectivity index (χ0n) is 54.9. The van der Waals surface area contributed by atoms with Crippen LogP contribution in [0.3, 0.4) is 0 Å². The molecule has 0 aromatic heterocycles. The molecule has 0 fully saturated rings. The highest BCUT2D eigenvalue weighted by Gasteiger charge is 2.23. The van der Waals surface area contributed by atoms with Crippen molar-refractivity contribution in [1.29, 1.82) is 0 Å². The Labute approximate surface area is 553 Å². The standard InChI is InChI=1S/C38H42O10.C37H40O10/c1-7-35(39)45-19-11-9-17-43-29-13-15-31(25(3)21-29)37(41)48-33-16-14-30(22-27(33)5)47-38(42)32-23-28(6)34(24-26(32)4)44-18-10-12-20-46-36(40)8-2;1-6-32(38)46-20-10-8-18-44-30-16-14-28(36(40)41)24(4)34(30)26-12-13-27(23(3)22-26)35-25(5)29(37(42)43)15-17-31(35)45-19-9-11-21-47-33(39)7-2/h7-8,13-16,21-24H,1-2,9-12,17-20H2,3-6H3;6-7,12-17,22H,1-2,8-11,18-21H2,3-5H3,(H,40,41)(H,42,43). The number of carboxylic acid groups (broad SMARTS) is 2. The van der Waals surface area contributed by atoms with Crippen molar-refractivity contribution in [3.8, 4) is 56.8 Å². The van der Waals surface area contributed by atoms with Crippen LogP contribution in [0.25, 0.3) is 22.3 Å². The van der Waals surface area contributed by atoms with Crippen LogP contribution in [-0.4, -0.2) is 111 Å². The minimum atomic E-state index is -1.06. The lowest BCUT2D eigenvalue weighted by atomic mass is 9.89. The molecule has 0 aliphatic heterocycles. The van der Waals surface area contributed by atoms with E-state index in [4.69, 9.17) is 47.4 Å². The molecule has 0 aliphatic carbocycles. The molecule has 0 unspecified atom stereocenters. The first-order valence-electron chi connectivity index (χ1n) is 30.8. The summed E-state index contributed by atoms with van der Waals surface area (Å²) in [4.78, 5) is 94.8. The molecular formula is C75H82O20. The van der Waals surface area contributed by atoms with E-state index in [1.807, 2.05) is 32.0 Å². The average Bonchev–Trinajstić information content (AvgIpc) is 0.779. The van der Waals surface area contributed by atoms with Crippen LogP contribution in [0.2, 0.25) is 0 Å². The van der Waals surface area contributed by atoms with Crippen molar-refractivity contribution < 1.29 is 95.9 Å². The number of hydrogen-bond donors (Lipinski definition) is 2. The molecule has 0 bridgehead atoms. The molecule has 0 atom stereocenters. The molecule has 0 aliphatic rings. The lowest BCUT2D eigenvalue weighted by molar-refractivity contribution is -0.138. The summed E-state index contributed by atoms with van der Waals surface area (Å²) in [6.45, 7) is 28.6. The number of unbranched alkanes of at least 4 members (excludes halogenated alkanes) is 4. The monoisotopic (exact) mass is 1300 g/mol. The number of ether oxygens (including phenoxy) is 10. The van der Waals surface area contributed by atoms with Crippen molar-refractivity contribution in [2.75, 3.05) is 52.9 Å². The fraction of sp³-hybridized carbons (Fsp3) is 0.307. The zero-order chi connectivity index (χ0) is 69.6. The van der Waals surface area contributed by atoms with E-state index in [0.717, 1.165) is 46.6 Å². The van der Waals surface area contributed by atoms with E-state index in [-0.39, 0.29) is 24.3 Å². The fourth-order valence-corrected chi connectivity index (χ4v) is 9.59. The van der Waals surface area contributed by atoms with Crippen molar-refractivity contribution >= 4 is 47.8 Å². The number of carbonyl (C=O) groups excluding carboxylic acids is 6. The van der Waals surface area contributed by atoms with E-state index in [9.17, 15) is 48.6 Å². The Morgan fingerprint density at radius 1 is 0.347 bits per heavy atom. The van der Waals surface area contributed by atoms with Gasteiger partial charge in [-0.3, -0.25) is 0 Å². The Morgan fingerprint density at radius 3 is 1.20 bits per heavy atom. The molecule has 6 aromatic carbocycles. The third-order valence-electron chi connectivity index (χ3n) is 14.7. The van der Waals surface area contributed by atoms with E-state index >= 15 is 0 Å². The van der Waals surface area contributed by atoms with Gasteiger partial charge in [0.05, 0.1) is 75.1 Å². The van der Waals surface area contributed by atoms with E-state index < -0.39 is 47.8 Å². The molecule has 0 saturated heterocycles. The second-order valence-electron chi connectivity index (χ2n) is 21.7. The van der Waals surface area contributed by atoms with Gasteiger partial charge in [0, 0.05) is 35.4 Å². The molecule has 20 nitrogen and oxygen atoms in total. The van der Waals surface area contributed by atoms with Gasteiger partial charge in [-0.15, -0.1) is 0 Å². The minimum Gasteiger partial charge on any atom is -0.494 e. The molecule has 0 saturated carbocycles. The summed E-state index contributed by atoms with van der Waals surface area (Å²) >= 11 is 0. The number of hydrogen-bond acceptors (Lipinski definition) is 18. The summed E-state index contributed by atoms with van der Waals surface area (Å²) < 4.78 is 55.0. The van der Waals surface area contributed by atoms with Crippen LogP contribution < -0.4 is 28.4 Å². The largest absolute Gasteiger partial charge is 0.494 e. The van der Waals surface area contributed by atoms with Crippen LogP contribution in [0.15, 0.2) is 142 Å². The molecule has 502 valence electrons. The molecule has 0 heterocycles. The Balaban J connectivity index is 0.000000344. The molecule has 0 radical (unpaired) electrons. The SMILES string of the molecule is C=CC(=O)OCCCCOc1ccc(C(=O)O)c(C)c1-c1ccc(-c2c(OCCCCOC(=O)C=C)ccc(C(=O)O)c2C)c(C)c1.C=CC(=O)OCCCCOc1ccc(C(=O)Oc2ccc(OC(=O)c3cc(C)c(OCCCCOC(=O)C=C)cc3C)cc2C)c(C)c1. The average molecular weight is 1300 g/mol. The summed E-state index contributed by atoms with van der Waals surface area (Å²) in [5.74, 6) is -2.10. The summed E-state index contributed by atoms with van der Waals surface area (Å²) in [6, 6.07) is 25.4. The molecule has 95 heavy (non-hydrogen) atoms. The first-order chi connectivity index (χ1) is 45.5. The molecule has 6 rings (SSSR count). The molecule has 20 heteroatoms. The maximum atomic E-state index is 13.1. The molecule has 6 aromatic rings. The number of benzene rings is 6. The summed E-state index contributed by atoms with van der Waals surface area (Å²) in [6.07, 6.45) is 9.53. The van der Waals surface area contributed by atoms with Crippen molar-refractivity contribution in [1.82, 2.24) is 0 Å². The van der Waals surface area contributed by atoms with Crippen molar-refractivity contribution in [2.24, 2.45) is 0 Å². The predicted molar refractivity (Wildman–Crippen MR) is 357 cm³/mol. The third kappa shape index (κ3) is 23.1. The van der Waals surface area contributed by atoms with E-state index in [1.54, 1.807) is 95.3 Å². The summed E-state index contributed by atoms with van der Waals surface area (Å²) in [5.41, 5.74) is 8.49. The van der Waals surface area contributed by atoms with Gasteiger partial charge in [-0.2, -0.15) is 0 Å². The first kappa shape index (κ1) is 75.0. The van der Waals surface area contributed by atoms with E-state index in [0.29, 0.717) is 176 Å². The number of esters is 6. The van der Waals surface area contributed by atoms with Gasteiger partial charge in [-0.05, 0) is 223 Å². The zero-order valence-corrected chi connectivity index (χ0v) is 54.9.